The third kappa shape index (κ3) is 3.66. The van der Waals surface area contributed by atoms with Gasteiger partial charge in [0.2, 0.25) is 0 Å². The first kappa shape index (κ1) is 15.9. The quantitative estimate of drug-likeness (QED) is 0.647. The molecule has 0 aliphatic carbocycles. The van der Waals surface area contributed by atoms with Gasteiger partial charge in [-0.05, 0) is 6.07 Å². The number of hydrogen-bond acceptors (Lipinski definition) is 4. The lowest BCUT2D eigenvalue weighted by Gasteiger charge is -2.20. The molecule has 20 heavy (non-hydrogen) atoms. The van der Waals surface area contributed by atoms with Crippen molar-refractivity contribution >= 4 is 23.3 Å². The fraction of sp³-hybridized carbons (Fsp3) is 0.250. The highest BCUT2D eigenvalue weighted by Crippen LogP contribution is 2.32. The first-order chi connectivity index (χ1) is 9.54. The fourth-order valence-corrected chi connectivity index (χ4v) is 1.64. The molecular formula is C12H11ClFN3O3. The number of aliphatic hydroxyl groups is 1. The molecule has 0 aliphatic rings. The van der Waals surface area contributed by atoms with Crippen LogP contribution in [-0.4, -0.2) is 30.9 Å². The van der Waals surface area contributed by atoms with Crippen LogP contribution >= 0.6 is 11.6 Å². The molecule has 1 aromatic carbocycles. The number of carbonyl (C=O) groups is 1. The summed E-state index contributed by atoms with van der Waals surface area (Å²) in [5, 5.41) is 11.6. The maximum absolute atomic E-state index is 13.9. The number of benzene rings is 1. The lowest BCUT2D eigenvalue weighted by atomic mass is 10.2. The van der Waals surface area contributed by atoms with E-state index in [0.29, 0.717) is 0 Å². The van der Waals surface area contributed by atoms with Crippen molar-refractivity contribution in [2.24, 2.45) is 5.11 Å². The molecule has 1 rings (SSSR count). The first-order valence-electron chi connectivity index (χ1n) is 5.40. The Balaban J connectivity index is 3.23. The van der Waals surface area contributed by atoms with Gasteiger partial charge in [0.15, 0.2) is 0 Å². The lowest BCUT2D eigenvalue weighted by molar-refractivity contribution is 0.247. The minimum Gasteiger partial charge on any atom is -0.479 e. The Morgan fingerprint density at radius 2 is 2.35 bits per heavy atom. The average molecular weight is 300 g/mol. The molecule has 6 nitrogen and oxygen atoms in total. The number of terminal acetylenes is 1. The summed E-state index contributed by atoms with van der Waals surface area (Å²) in [5.74, 6) is 1.50. The number of nitrogens with zero attached hydrogens (tertiary/aromatic N) is 2. The summed E-state index contributed by atoms with van der Waals surface area (Å²) < 4.78 is 19.0. The monoisotopic (exact) mass is 299 g/mol. The molecule has 0 radical (unpaired) electrons. The van der Waals surface area contributed by atoms with Crippen molar-refractivity contribution in [1.82, 2.24) is 0 Å². The second kappa shape index (κ2) is 7.43. The average Bonchev–Trinajstić information content (AvgIpc) is 2.43. The number of anilines is 1. The van der Waals surface area contributed by atoms with Gasteiger partial charge in [-0.15, -0.1) is 6.42 Å². The van der Waals surface area contributed by atoms with Gasteiger partial charge in [0.25, 0.3) is 0 Å². The van der Waals surface area contributed by atoms with E-state index in [0.717, 1.165) is 17.0 Å². The van der Waals surface area contributed by atoms with Crippen molar-refractivity contribution in [3.8, 4) is 18.1 Å². The van der Waals surface area contributed by atoms with Gasteiger partial charge in [-0.1, -0.05) is 22.6 Å². The molecule has 106 valence electrons. The van der Waals surface area contributed by atoms with Crippen molar-refractivity contribution < 1.29 is 19.0 Å². The molecule has 0 aromatic heterocycles. The Morgan fingerprint density at radius 1 is 1.65 bits per heavy atom. The molecule has 0 unspecified atom stereocenters. The van der Waals surface area contributed by atoms with Crippen molar-refractivity contribution in [3.63, 3.8) is 0 Å². The molecule has 0 fully saturated rings. The van der Waals surface area contributed by atoms with Crippen LogP contribution in [0.4, 0.5) is 14.9 Å². The van der Waals surface area contributed by atoms with E-state index in [4.69, 9.17) is 33.4 Å². The van der Waals surface area contributed by atoms with E-state index in [1.165, 1.54) is 0 Å². The van der Waals surface area contributed by atoms with Gasteiger partial charge in [-0.25, -0.2) is 9.18 Å². The Hall–Kier alpha value is -2.17. The molecule has 2 amide bonds. The number of amides is 2. The van der Waals surface area contributed by atoms with Gasteiger partial charge in [-0.3, -0.25) is 4.90 Å². The molecule has 0 spiro atoms. The summed E-state index contributed by atoms with van der Waals surface area (Å²) in [6, 6.07) is 1.08. The molecule has 1 aromatic rings. The number of rotatable bonds is 5. The number of ether oxygens (including phenoxy) is 1. The number of aliphatic hydroxyl groups excluding tert-OH is 1. The van der Waals surface area contributed by atoms with Gasteiger partial charge in [0, 0.05) is 6.07 Å². The highest BCUT2D eigenvalue weighted by atomic mass is 35.5. The van der Waals surface area contributed by atoms with Crippen molar-refractivity contribution in [2.45, 2.75) is 0 Å². The van der Waals surface area contributed by atoms with Crippen LogP contribution in [-0.2, 0) is 0 Å². The molecule has 8 heteroatoms. The van der Waals surface area contributed by atoms with Crippen LogP contribution in [0.1, 0.15) is 0 Å². The van der Waals surface area contributed by atoms with Crippen molar-refractivity contribution in [3.05, 3.63) is 23.0 Å². The smallest absolute Gasteiger partial charge is 0.366 e. The van der Waals surface area contributed by atoms with E-state index < -0.39 is 18.5 Å². The van der Waals surface area contributed by atoms with E-state index in [-0.39, 0.29) is 29.6 Å². The zero-order valence-corrected chi connectivity index (χ0v) is 11.0. The van der Waals surface area contributed by atoms with E-state index in [9.17, 15) is 9.18 Å². The van der Waals surface area contributed by atoms with Gasteiger partial charge in [-0.2, -0.15) is 5.53 Å². The summed E-state index contributed by atoms with van der Waals surface area (Å²) >= 11 is 5.79. The van der Waals surface area contributed by atoms with Crippen molar-refractivity contribution in [1.29, 1.82) is 5.53 Å². The predicted octanol–water partition coefficient (Wildman–Crippen LogP) is 2.44. The lowest BCUT2D eigenvalue weighted by Crippen LogP contribution is -2.31. The Morgan fingerprint density at radius 3 is 2.90 bits per heavy atom. The largest absolute Gasteiger partial charge is 0.479 e. The second-order valence-electron chi connectivity index (χ2n) is 3.50. The summed E-state index contributed by atoms with van der Waals surface area (Å²) in [4.78, 5) is 12.2. The SMILES string of the molecule is C#CCOc1cc(N(CCO)C(=O)N=N)c(F)cc1Cl. The third-order valence-electron chi connectivity index (χ3n) is 2.25. The summed E-state index contributed by atoms with van der Waals surface area (Å²) in [7, 11) is 0. The van der Waals surface area contributed by atoms with Crippen LogP contribution in [0, 0.1) is 23.7 Å². The number of halogens is 2. The maximum atomic E-state index is 13.9. The standard InChI is InChI=1S/C12H11ClFN3O3/c1-2-5-20-11-7-10(9(14)6-8(11)13)17(3-4-18)12(19)16-15/h1,6-7,15,18H,3-5H2. The molecular weight excluding hydrogens is 289 g/mol. The Bertz CT molecular complexity index is 560. The number of urea groups is 1. The van der Waals surface area contributed by atoms with Gasteiger partial charge in [0.1, 0.15) is 18.2 Å². The fourth-order valence-electron chi connectivity index (χ4n) is 1.43. The molecule has 0 heterocycles. The summed E-state index contributed by atoms with van der Waals surface area (Å²) in [6.07, 6.45) is 5.04. The van der Waals surface area contributed by atoms with E-state index in [2.05, 4.69) is 11.0 Å². The minimum atomic E-state index is -1.02. The van der Waals surface area contributed by atoms with Crippen LogP contribution in [0.25, 0.3) is 0 Å². The van der Waals surface area contributed by atoms with E-state index in [1.54, 1.807) is 0 Å². The molecule has 0 aliphatic heterocycles. The highest BCUT2D eigenvalue weighted by molar-refractivity contribution is 6.32. The first-order valence-corrected chi connectivity index (χ1v) is 5.78. The van der Waals surface area contributed by atoms with Crippen LogP contribution in [0.3, 0.4) is 0 Å². The van der Waals surface area contributed by atoms with E-state index >= 15 is 0 Å². The molecule has 0 atom stereocenters. The van der Waals surface area contributed by atoms with Crippen LogP contribution in [0.5, 0.6) is 5.75 Å². The van der Waals surface area contributed by atoms with Crippen LogP contribution in [0.15, 0.2) is 17.2 Å². The van der Waals surface area contributed by atoms with Gasteiger partial charge in [0.05, 0.1) is 23.9 Å². The van der Waals surface area contributed by atoms with Crippen LogP contribution in [0.2, 0.25) is 5.02 Å². The van der Waals surface area contributed by atoms with E-state index in [1.807, 2.05) is 0 Å². The highest BCUT2D eigenvalue weighted by Gasteiger charge is 2.20. The minimum absolute atomic E-state index is 0.0132. The third-order valence-corrected chi connectivity index (χ3v) is 2.55. The number of nitrogens with one attached hydrogen (secondary N) is 1. The summed E-state index contributed by atoms with van der Waals surface area (Å²) in [6.45, 7) is -0.736. The molecule has 2 N–H and O–H groups in total. The zero-order chi connectivity index (χ0) is 15.1. The second-order valence-corrected chi connectivity index (χ2v) is 3.90. The molecule has 0 saturated carbocycles. The Kier molecular flexibility index (Phi) is 5.90. The van der Waals surface area contributed by atoms with Gasteiger partial charge < -0.3 is 9.84 Å². The van der Waals surface area contributed by atoms with Gasteiger partial charge >= 0.3 is 6.03 Å². The van der Waals surface area contributed by atoms with Crippen LogP contribution < -0.4 is 9.64 Å². The zero-order valence-electron chi connectivity index (χ0n) is 10.3. The normalized spacial score (nSPS) is 9.70. The molecule has 0 bridgehead atoms. The maximum Gasteiger partial charge on any atom is 0.366 e. The molecule has 0 saturated heterocycles. The van der Waals surface area contributed by atoms with Crippen molar-refractivity contribution in [2.75, 3.05) is 24.7 Å². The summed E-state index contributed by atoms with van der Waals surface area (Å²) in [5.41, 5.74) is 6.48. The topological polar surface area (TPSA) is 86.0 Å². The number of hydrogen-bond donors (Lipinski definition) is 2. The number of carbonyl (C=O) groups excluding carboxylic acids is 1. The predicted molar refractivity (Wildman–Crippen MR) is 70.7 cm³/mol. The Labute approximate surface area is 119 Å².